The lowest BCUT2D eigenvalue weighted by atomic mass is 9.88. The Kier molecular flexibility index (Phi) is 6.31. The molecule has 1 N–H and O–H groups in total. The smallest absolute Gasteiger partial charge is 0.246 e. The van der Waals surface area contributed by atoms with Gasteiger partial charge in [-0.25, -0.2) is 15.0 Å². The number of nitrogens with one attached hydrogen (secondary N) is 1. The highest BCUT2D eigenvalue weighted by molar-refractivity contribution is 6.05. The molecular weight excluding hydrogens is 492 g/mol. The summed E-state index contributed by atoms with van der Waals surface area (Å²) >= 11 is 0. The number of likely N-dealkylation sites (tertiary alicyclic amines) is 1. The van der Waals surface area contributed by atoms with Crippen molar-refractivity contribution in [3.63, 3.8) is 0 Å². The number of nitrogens with zero attached hydrogens (tertiary/aromatic N) is 5. The van der Waals surface area contributed by atoms with E-state index in [1.54, 1.807) is 13.4 Å². The van der Waals surface area contributed by atoms with Crippen LogP contribution < -0.4 is 10.1 Å². The van der Waals surface area contributed by atoms with E-state index >= 15 is 0 Å². The lowest BCUT2D eigenvalue weighted by molar-refractivity contribution is -0.129. The molecule has 9 nitrogen and oxygen atoms in total. The molecule has 0 radical (unpaired) electrons. The van der Waals surface area contributed by atoms with Crippen LogP contribution in [-0.4, -0.2) is 56.1 Å². The Morgan fingerprint density at radius 3 is 2.87 bits per heavy atom. The van der Waals surface area contributed by atoms with Crippen LogP contribution in [0.3, 0.4) is 0 Å². The predicted molar refractivity (Wildman–Crippen MR) is 150 cm³/mol. The Labute approximate surface area is 227 Å². The summed E-state index contributed by atoms with van der Waals surface area (Å²) in [4.78, 5) is 28.6. The second-order valence-electron chi connectivity index (χ2n) is 10.3. The summed E-state index contributed by atoms with van der Waals surface area (Å²) in [6, 6.07) is 11.8. The van der Waals surface area contributed by atoms with Gasteiger partial charge in [-0.15, -0.1) is 0 Å². The van der Waals surface area contributed by atoms with E-state index in [4.69, 9.17) is 9.47 Å². The van der Waals surface area contributed by atoms with Crippen molar-refractivity contribution in [2.45, 2.75) is 44.8 Å². The van der Waals surface area contributed by atoms with Gasteiger partial charge in [-0.2, -0.15) is 0 Å². The number of rotatable bonds is 6. The van der Waals surface area contributed by atoms with Gasteiger partial charge in [-0.05, 0) is 55.7 Å². The van der Waals surface area contributed by atoms with Crippen LogP contribution in [0, 0.1) is 6.92 Å². The molecule has 0 bridgehead atoms. The van der Waals surface area contributed by atoms with Crippen molar-refractivity contribution < 1.29 is 14.3 Å². The van der Waals surface area contributed by atoms with E-state index in [9.17, 15) is 4.79 Å². The number of methoxy groups -OCH3 is 1. The van der Waals surface area contributed by atoms with Gasteiger partial charge in [0.05, 0.1) is 18.0 Å². The zero-order valence-electron chi connectivity index (χ0n) is 22.6. The number of pyridine rings is 1. The van der Waals surface area contributed by atoms with Crippen LogP contribution in [0.4, 0.5) is 5.82 Å². The Hall–Kier alpha value is -4.24. The van der Waals surface area contributed by atoms with Gasteiger partial charge in [0.2, 0.25) is 11.8 Å². The molecule has 200 valence electrons. The summed E-state index contributed by atoms with van der Waals surface area (Å²) < 4.78 is 13.9. The predicted octanol–water partition coefficient (Wildman–Crippen LogP) is 4.96. The van der Waals surface area contributed by atoms with Crippen molar-refractivity contribution in [3.8, 4) is 22.8 Å². The molecule has 9 heteroatoms. The van der Waals surface area contributed by atoms with Gasteiger partial charge in [-0.1, -0.05) is 18.7 Å². The molecule has 39 heavy (non-hydrogen) atoms. The molecule has 1 fully saturated rings. The zero-order valence-corrected chi connectivity index (χ0v) is 22.6. The topological polar surface area (TPSA) is 94.4 Å². The highest BCUT2D eigenvalue weighted by Gasteiger charge is 2.45. The molecule has 2 aliphatic rings. The van der Waals surface area contributed by atoms with E-state index in [0.717, 1.165) is 51.4 Å². The standard InChI is InChI=1S/C30H32N6O3/c1-6-25(37)36-18(3)12-22(23(36)15-38-5)28-26-21-11-10-20(39-24-9-7-8-17(2)34-24)13-19(21)14-31-29-27(26)30(35(28)4)33-16-32-29/h6-11,13,16,18,22-23H,1,12,14-15H2,2-5H3,(H,31,32,33). The van der Waals surface area contributed by atoms with Gasteiger partial charge < -0.3 is 24.3 Å². The summed E-state index contributed by atoms with van der Waals surface area (Å²) in [6.07, 6.45) is 3.80. The maximum atomic E-state index is 12.9. The number of fused-ring (bicyclic) bond motifs is 2. The van der Waals surface area contributed by atoms with Gasteiger partial charge in [-0.3, -0.25) is 4.79 Å². The van der Waals surface area contributed by atoms with Gasteiger partial charge >= 0.3 is 0 Å². The molecule has 3 unspecified atom stereocenters. The van der Waals surface area contributed by atoms with Crippen LogP contribution in [0.15, 0.2) is 55.4 Å². The van der Waals surface area contributed by atoms with E-state index in [0.29, 0.717) is 24.8 Å². The van der Waals surface area contributed by atoms with E-state index in [1.807, 2.05) is 43.1 Å². The molecule has 1 amide bonds. The molecular formula is C30H32N6O3. The fourth-order valence-corrected chi connectivity index (χ4v) is 6.32. The number of ether oxygens (including phenoxy) is 2. The SMILES string of the molecule is C=CC(=O)N1C(C)CC(c2c3c4c(ncnc4n2C)NCc2cc(Oc4cccc(C)n4)ccc2-3)C1COC. The minimum Gasteiger partial charge on any atom is -0.439 e. The van der Waals surface area contributed by atoms with Gasteiger partial charge in [0, 0.05) is 55.7 Å². The maximum Gasteiger partial charge on any atom is 0.246 e. The van der Waals surface area contributed by atoms with Gasteiger partial charge in [0.25, 0.3) is 0 Å². The van der Waals surface area contributed by atoms with Crippen LogP contribution in [0.1, 0.15) is 36.2 Å². The summed E-state index contributed by atoms with van der Waals surface area (Å²) in [7, 11) is 3.73. The fraction of sp³-hybridized carbons (Fsp3) is 0.333. The number of anilines is 1. The number of aromatic nitrogens is 4. The van der Waals surface area contributed by atoms with Crippen molar-refractivity contribution in [2.75, 3.05) is 19.0 Å². The Morgan fingerprint density at radius 1 is 1.26 bits per heavy atom. The lowest BCUT2D eigenvalue weighted by Crippen LogP contribution is -2.42. The molecule has 3 atom stereocenters. The average molecular weight is 525 g/mol. The highest BCUT2D eigenvalue weighted by atomic mass is 16.5. The minimum atomic E-state index is -0.138. The van der Waals surface area contributed by atoms with E-state index in [-0.39, 0.29) is 23.9 Å². The monoisotopic (exact) mass is 524 g/mol. The van der Waals surface area contributed by atoms with Crippen molar-refractivity contribution in [2.24, 2.45) is 7.05 Å². The molecule has 1 aromatic carbocycles. The maximum absolute atomic E-state index is 12.9. The third-order valence-corrected chi connectivity index (χ3v) is 7.90. The quantitative estimate of drug-likeness (QED) is 0.356. The van der Waals surface area contributed by atoms with E-state index in [1.165, 1.54) is 6.08 Å². The normalized spacial score (nSPS) is 19.9. The van der Waals surface area contributed by atoms with Crippen molar-refractivity contribution in [1.29, 1.82) is 0 Å². The molecule has 1 saturated heterocycles. The number of benzene rings is 1. The Morgan fingerprint density at radius 2 is 2.10 bits per heavy atom. The molecule has 3 aromatic heterocycles. The molecule has 5 heterocycles. The second-order valence-corrected chi connectivity index (χ2v) is 10.3. The summed E-state index contributed by atoms with van der Waals surface area (Å²) in [5, 5.41) is 4.51. The Bertz CT molecular complexity index is 1600. The lowest BCUT2D eigenvalue weighted by Gasteiger charge is -2.30. The molecule has 0 saturated carbocycles. The number of carbonyl (C=O) groups is 1. The van der Waals surface area contributed by atoms with Crippen LogP contribution in [0.5, 0.6) is 11.6 Å². The fourth-order valence-electron chi connectivity index (χ4n) is 6.32. The Balaban J connectivity index is 1.51. The largest absolute Gasteiger partial charge is 0.439 e. The first-order valence-corrected chi connectivity index (χ1v) is 13.2. The van der Waals surface area contributed by atoms with Crippen molar-refractivity contribution in [3.05, 3.63) is 72.3 Å². The summed E-state index contributed by atoms with van der Waals surface area (Å²) in [5.41, 5.74) is 6.15. The third-order valence-electron chi connectivity index (χ3n) is 7.90. The van der Waals surface area contributed by atoms with E-state index in [2.05, 4.69) is 50.5 Å². The first-order chi connectivity index (χ1) is 18.9. The van der Waals surface area contributed by atoms with Crippen LogP contribution in [0.2, 0.25) is 0 Å². The third kappa shape index (κ3) is 4.13. The second kappa shape index (κ2) is 9.81. The highest BCUT2D eigenvalue weighted by Crippen LogP contribution is 2.48. The van der Waals surface area contributed by atoms with E-state index < -0.39 is 0 Å². The number of amides is 1. The zero-order chi connectivity index (χ0) is 27.3. The van der Waals surface area contributed by atoms with Crippen LogP contribution >= 0.6 is 0 Å². The molecule has 2 aliphatic heterocycles. The average Bonchev–Trinajstić information content (AvgIpc) is 3.34. The number of carbonyl (C=O) groups excluding carboxylic acids is 1. The summed E-state index contributed by atoms with van der Waals surface area (Å²) in [6.45, 7) is 8.79. The molecule has 0 aliphatic carbocycles. The number of hydrogen-bond donors (Lipinski definition) is 1. The summed E-state index contributed by atoms with van der Waals surface area (Å²) in [5.74, 6) is 2.02. The molecule has 4 aromatic rings. The number of aryl methyl sites for hydroxylation is 2. The first-order valence-electron chi connectivity index (χ1n) is 13.2. The number of hydrogen-bond acceptors (Lipinski definition) is 7. The van der Waals surface area contributed by atoms with Crippen LogP contribution in [0.25, 0.3) is 22.2 Å². The van der Waals surface area contributed by atoms with Crippen LogP contribution in [-0.2, 0) is 23.1 Å². The molecule has 0 spiro atoms. The van der Waals surface area contributed by atoms with Crippen molar-refractivity contribution in [1.82, 2.24) is 24.4 Å². The molecule has 6 rings (SSSR count). The van der Waals surface area contributed by atoms with Gasteiger partial charge in [0.15, 0.2) is 0 Å². The minimum absolute atomic E-state index is 0.0317. The first kappa shape index (κ1) is 25.1. The van der Waals surface area contributed by atoms with Crippen molar-refractivity contribution >= 4 is 22.8 Å². The van der Waals surface area contributed by atoms with Gasteiger partial charge in [0.1, 0.15) is 23.5 Å².